The Morgan fingerprint density at radius 3 is 2.36 bits per heavy atom. The third kappa shape index (κ3) is 2.17. The largest absolute Gasteiger partial charge is 0.384 e. The van der Waals surface area contributed by atoms with Crippen LogP contribution in [0.5, 0.6) is 0 Å². The fraction of sp³-hybridized carbons (Fsp3) is 1.00. The van der Waals surface area contributed by atoms with Crippen LogP contribution < -0.4 is 0 Å². The van der Waals surface area contributed by atoms with Crippen LogP contribution >= 0.6 is 0 Å². The Kier molecular flexibility index (Phi) is 3.34. The van der Waals surface area contributed by atoms with E-state index in [4.69, 9.17) is 9.47 Å². The van der Waals surface area contributed by atoms with Crippen molar-refractivity contribution in [3.8, 4) is 0 Å². The van der Waals surface area contributed by atoms with Gasteiger partial charge in [-0.05, 0) is 19.8 Å². The highest BCUT2D eigenvalue weighted by molar-refractivity contribution is 4.87. The van der Waals surface area contributed by atoms with Gasteiger partial charge < -0.3 is 9.47 Å². The average molecular weight is 158 g/mol. The molecule has 0 atom stereocenters. The molecule has 0 saturated heterocycles. The van der Waals surface area contributed by atoms with Gasteiger partial charge >= 0.3 is 0 Å². The van der Waals surface area contributed by atoms with Crippen LogP contribution in [0.3, 0.4) is 0 Å². The van der Waals surface area contributed by atoms with Gasteiger partial charge in [0, 0.05) is 19.1 Å². The maximum atomic E-state index is 5.41. The molecule has 0 aromatic rings. The van der Waals surface area contributed by atoms with Crippen LogP contribution in [0.1, 0.15) is 26.2 Å². The van der Waals surface area contributed by atoms with E-state index in [1.807, 2.05) is 6.92 Å². The molecule has 2 heteroatoms. The second-order valence-corrected chi connectivity index (χ2v) is 3.42. The van der Waals surface area contributed by atoms with Gasteiger partial charge in [0.2, 0.25) is 0 Å². The number of rotatable bonds is 5. The van der Waals surface area contributed by atoms with Crippen LogP contribution in [0.2, 0.25) is 0 Å². The Hall–Kier alpha value is -0.0800. The molecule has 1 fully saturated rings. The van der Waals surface area contributed by atoms with Crippen molar-refractivity contribution in [3.63, 3.8) is 0 Å². The third-order valence-electron chi connectivity index (χ3n) is 2.48. The van der Waals surface area contributed by atoms with E-state index >= 15 is 0 Å². The van der Waals surface area contributed by atoms with E-state index < -0.39 is 0 Å². The number of hydrogen-bond acceptors (Lipinski definition) is 2. The molecule has 2 nitrogen and oxygen atoms in total. The molecular weight excluding hydrogens is 140 g/mol. The first-order valence-electron chi connectivity index (χ1n) is 4.40. The van der Waals surface area contributed by atoms with Crippen molar-refractivity contribution >= 4 is 0 Å². The summed E-state index contributed by atoms with van der Waals surface area (Å²) in [7, 11) is 1.77. The lowest BCUT2D eigenvalue weighted by Crippen LogP contribution is -2.38. The molecule has 1 aliphatic carbocycles. The molecule has 0 unspecified atom stereocenters. The van der Waals surface area contributed by atoms with Crippen molar-refractivity contribution < 1.29 is 9.47 Å². The van der Waals surface area contributed by atoms with Gasteiger partial charge in [-0.3, -0.25) is 0 Å². The predicted molar refractivity (Wildman–Crippen MR) is 44.7 cm³/mol. The van der Waals surface area contributed by atoms with E-state index in [9.17, 15) is 0 Å². The standard InChI is InChI=1S/C9H18O2/c1-3-11-8-9(7-10-2)5-4-6-9/h3-8H2,1-2H3. The molecule has 1 rings (SSSR count). The van der Waals surface area contributed by atoms with E-state index in [-0.39, 0.29) is 0 Å². The van der Waals surface area contributed by atoms with Gasteiger partial charge in [-0.2, -0.15) is 0 Å². The average Bonchev–Trinajstić information content (AvgIpc) is 1.95. The second kappa shape index (κ2) is 4.07. The molecule has 66 valence electrons. The van der Waals surface area contributed by atoms with Crippen LogP contribution in [0, 0.1) is 5.41 Å². The Morgan fingerprint density at radius 1 is 1.27 bits per heavy atom. The lowest BCUT2D eigenvalue weighted by atomic mass is 9.70. The van der Waals surface area contributed by atoms with Gasteiger partial charge in [0.25, 0.3) is 0 Å². The number of hydrogen-bond donors (Lipinski definition) is 0. The Balaban J connectivity index is 2.22. The molecule has 0 aromatic carbocycles. The molecule has 0 aromatic heterocycles. The molecule has 0 N–H and O–H groups in total. The van der Waals surface area contributed by atoms with E-state index in [1.165, 1.54) is 19.3 Å². The highest BCUT2D eigenvalue weighted by Crippen LogP contribution is 2.41. The zero-order valence-electron chi connectivity index (χ0n) is 7.56. The molecule has 1 aliphatic rings. The molecule has 11 heavy (non-hydrogen) atoms. The Morgan fingerprint density at radius 2 is 2.00 bits per heavy atom. The number of ether oxygens (including phenoxy) is 2. The normalized spacial score (nSPS) is 21.3. The first kappa shape index (κ1) is 9.01. The molecule has 0 spiro atoms. The van der Waals surface area contributed by atoms with Crippen LogP contribution in [0.25, 0.3) is 0 Å². The van der Waals surface area contributed by atoms with E-state index in [1.54, 1.807) is 7.11 Å². The monoisotopic (exact) mass is 158 g/mol. The summed E-state index contributed by atoms with van der Waals surface area (Å²) in [6.07, 6.45) is 3.90. The fourth-order valence-corrected chi connectivity index (χ4v) is 1.63. The van der Waals surface area contributed by atoms with Crippen LogP contribution in [-0.2, 0) is 9.47 Å². The van der Waals surface area contributed by atoms with Gasteiger partial charge in [-0.25, -0.2) is 0 Å². The lowest BCUT2D eigenvalue weighted by Gasteiger charge is -2.40. The molecule has 1 saturated carbocycles. The van der Waals surface area contributed by atoms with Crippen LogP contribution in [0.15, 0.2) is 0 Å². The minimum Gasteiger partial charge on any atom is -0.384 e. The molecule has 0 aliphatic heterocycles. The van der Waals surface area contributed by atoms with Crippen molar-refractivity contribution in [1.82, 2.24) is 0 Å². The van der Waals surface area contributed by atoms with Gasteiger partial charge in [0.1, 0.15) is 0 Å². The topological polar surface area (TPSA) is 18.5 Å². The summed E-state index contributed by atoms with van der Waals surface area (Å²) in [5.41, 5.74) is 0.380. The Labute approximate surface area is 68.9 Å². The third-order valence-corrected chi connectivity index (χ3v) is 2.48. The van der Waals surface area contributed by atoms with Gasteiger partial charge in [0.15, 0.2) is 0 Å². The summed E-state index contributed by atoms with van der Waals surface area (Å²) in [6, 6.07) is 0. The van der Waals surface area contributed by atoms with Gasteiger partial charge in [-0.1, -0.05) is 6.42 Å². The predicted octanol–water partition coefficient (Wildman–Crippen LogP) is 1.84. The maximum Gasteiger partial charge on any atom is 0.0544 e. The molecular formula is C9H18O2. The summed E-state index contributed by atoms with van der Waals surface area (Å²) in [6.45, 7) is 4.62. The molecule has 0 radical (unpaired) electrons. The van der Waals surface area contributed by atoms with Crippen molar-refractivity contribution in [2.24, 2.45) is 5.41 Å². The first-order chi connectivity index (χ1) is 5.33. The zero-order chi connectivity index (χ0) is 8.16. The van der Waals surface area contributed by atoms with Gasteiger partial charge in [0.05, 0.1) is 13.2 Å². The van der Waals surface area contributed by atoms with Gasteiger partial charge in [-0.15, -0.1) is 0 Å². The zero-order valence-corrected chi connectivity index (χ0v) is 7.56. The van der Waals surface area contributed by atoms with Crippen molar-refractivity contribution in [3.05, 3.63) is 0 Å². The summed E-state index contributed by atoms with van der Waals surface area (Å²) in [5.74, 6) is 0. The quantitative estimate of drug-likeness (QED) is 0.608. The van der Waals surface area contributed by atoms with Crippen LogP contribution in [-0.4, -0.2) is 26.9 Å². The highest BCUT2D eigenvalue weighted by Gasteiger charge is 2.36. The Bertz CT molecular complexity index is 108. The summed E-state index contributed by atoms with van der Waals surface area (Å²) < 4.78 is 10.6. The fourth-order valence-electron chi connectivity index (χ4n) is 1.63. The minimum absolute atomic E-state index is 0.380. The lowest BCUT2D eigenvalue weighted by molar-refractivity contribution is -0.0516. The molecule has 0 heterocycles. The van der Waals surface area contributed by atoms with E-state index in [0.717, 1.165) is 19.8 Å². The SMILES string of the molecule is CCOCC1(COC)CCC1. The van der Waals surface area contributed by atoms with Crippen molar-refractivity contribution in [2.45, 2.75) is 26.2 Å². The van der Waals surface area contributed by atoms with Crippen LogP contribution in [0.4, 0.5) is 0 Å². The summed E-state index contributed by atoms with van der Waals surface area (Å²) in [4.78, 5) is 0. The number of methoxy groups -OCH3 is 1. The molecule has 0 bridgehead atoms. The van der Waals surface area contributed by atoms with E-state index in [0.29, 0.717) is 5.41 Å². The first-order valence-corrected chi connectivity index (χ1v) is 4.40. The maximum absolute atomic E-state index is 5.41. The summed E-state index contributed by atoms with van der Waals surface area (Å²) in [5, 5.41) is 0. The molecule has 0 amide bonds. The van der Waals surface area contributed by atoms with Crippen molar-refractivity contribution in [2.75, 3.05) is 26.9 Å². The highest BCUT2D eigenvalue weighted by atomic mass is 16.5. The second-order valence-electron chi connectivity index (χ2n) is 3.42. The minimum atomic E-state index is 0.380. The van der Waals surface area contributed by atoms with E-state index in [2.05, 4.69) is 0 Å². The smallest absolute Gasteiger partial charge is 0.0544 e. The van der Waals surface area contributed by atoms with Crippen molar-refractivity contribution in [1.29, 1.82) is 0 Å². The summed E-state index contributed by atoms with van der Waals surface area (Å²) >= 11 is 0.